The molecule has 1 aliphatic rings. The summed E-state index contributed by atoms with van der Waals surface area (Å²) in [6.07, 6.45) is 2.96. The van der Waals surface area contributed by atoms with Crippen molar-refractivity contribution in [3.8, 4) is 17.2 Å². The highest BCUT2D eigenvalue weighted by atomic mass is 35.5. The number of urea groups is 1. The van der Waals surface area contributed by atoms with Gasteiger partial charge in [-0.3, -0.25) is 5.43 Å². The van der Waals surface area contributed by atoms with Crippen LogP contribution in [-0.4, -0.2) is 12.1 Å². The number of halogens is 2. The first-order valence-corrected chi connectivity index (χ1v) is 11.1. The molecule has 5 nitrogen and oxygen atoms in total. The van der Waals surface area contributed by atoms with Crippen LogP contribution < -0.4 is 16.2 Å². The van der Waals surface area contributed by atoms with Gasteiger partial charge in [0.1, 0.15) is 0 Å². The molecule has 0 spiro atoms. The first-order chi connectivity index (χ1) is 15.5. The highest BCUT2D eigenvalue weighted by Crippen LogP contribution is 2.35. The van der Waals surface area contributed by atoms with Crippen LogP contribution in [0.3, 0.4) is 0 Å². The number of anilines is 1. The smallest absolute Gasteiger partial charge is 0.307 e. The molecule has 3 N–H and O–H groups in total. The van der Waals surface area contributed by atoms with E-state index in [4.69, 9.17) is 28.5 Å². The molecule has 2 atom stereocenters. The van der Waals surface area contributed by atoms with Crippen molar-refractivity contribution in [3.63, 3.8) is 0 Å². The zero-order valence-corrected chi connectivity index (χ0v) is 18.8. The van der Waals surface area contributed by atoms with Crippen LogP contribution in [0.1, 0.15) is 36.3 Å². The predicted molar refractivity (Wildman–Crippen MR) is 129 cm³/mol. The summed E-state index contributed by atoms with van der Waals surface area (Å²) in [7, 11) is 0. The molecular formula is C25H22Cl2N4O. The van der Waals surface area contributed by atoms with Crippen LogP contribution in [0.2, 0.25) is 10.0 Å². The average Bonchev–Trinajstić information content (AvgIpc) is 3.26. The highest BCUT2D eigenvalue weighted by molar-refractivity contribution is 6.35. The summed E-state index contributed by atoms with van der Waals surface area (Å²) in [6.45, 7) is 0. The van der Waals surface area contributed by atoms with Gasteiger partial charge in [0.15, 0.2) is 0 Å². The standard InChI is InChI=1S/C25H22Cl2N4O/c26-21-12-22(27)14-24(13-21)29-25(32)31-30-23-9-8-20(11-23)18-6-4-17(5-7-18)19-3-1-2-16(10-19)15-28/h1-7,10,12-14,20,23,30H,8-9,11H2,(H2,29,31,32)/t20-,23+/m1/s1. The molecule has 1 aliphatic carbocycles. The van der Waals surface area contributed by atoms with Gasteiger partial charge in [0.2, 0.25) is 0 Å². The second-order valence-corrected chi connectivity index (χ2v) is 8.78. The minimum Gasteiger partial charge on any atom is -0.307 e. The van der Waals surface area contributed by atoms with E-state index in [1.54, 1.807) is 18.2 Å². The quantitative estimate of drug-likeness (QED) is 0.377. The first kappa shape index (κ1) is 22.2. The molecule has 0 bridgehead atoms. The van der Waals surface area contributed by atoms with Crippen molar-refractivity contribution in [1.29, 1.82) is 5.26 Å². The highest BCUT2D eigenvalue weighted by Gasteiger charge is 2.26. The van der Waals surface area contributed by atoms with Gasteiger partial charge in [-0.25, -0.2) is 10.2 Å². The normalized spacial score (nSPS) is 17.5. The monoisotopic (exact) mass is 464 g/mol. The van der Waals surface area contributed by atoms with Crippen LogP contribution in [0.25, 0.3) is 11.1 Å². The molecule has 3 aromatic carbocycles. The van der Waals surface area contributed by atoms with Gasteiger partial charge in [-0.1, -0.05) is 59.6 Å². The fourth-order valence-corrected chi connectivity index (χ4v) is 4.61. The van der Waals surface area contributed by atoms with Crippen LogP contribution in [-0.2, 0) is 0 Å². The van der Waals surface area contributed by atoms with Gasteiger partial charge in [-0.05, 0) is 72.2 Å². The molecule has 1 saturated carbocycles. The van der Waals surface area contributed by atoms with Crippen LogP contribution in [0, 0.1) is 11.3 Å². The van der Waals surface area contributed by atoms with Gasteiger partial charge in [-0.15, -0.1) is 0 Å². The van der Waals surface area contributed by atoms with Crippen molar-refractivity contribution in [3.05, 3.63) is 87.9 Å². The number of amides is 2. The van der Waals surface area contributed by atoms with E-state index in [0.717, 1.165) is 30.4 Å². The molecule has 3 aromatic rings. The number of hydrogen-bond acceptors (Lipinski definition) is 3. The Morgan fingerprint density at radius 2 is 1.69 bits per heavy atom. The molecule has 0 aromatic heterocycles. The molecule has 162 valence electrons. The molecule has 0 heterocycles. The van der Waals surface area contributed by atoms with Crippen molar-refractivity contribution in [1.82, 2.24) is 10.9 Å². The Bertz CT molecular complexity index is 1140. The number of nitrogens with one attached hydrogen (secondary N) is 3. The van der Waals surface area contributed by atoms with E-state index in [-0.39, 0.29) is 12.1 Å². The lowest BCUT2D eigenvalue weighted by Gasteiger charge is -2.15. The lowest BCUT2D eigenvalue weighted by Crippen LogP contribution is -2.45. The predicted octanol–water partition coefficient (Wildman–Crippen LogP) is 6.49. The largest absolute Gasteiger partial charge is 0.333 e. The van der Waals surface area contributed by atoms with E-state index in [1.807, 2.05) is 24.3 Å². The van der Waals surface area contributed by atoms with E-state index in [0.29, 0.717) is 27.2 Å². The van der Waals surface area contributed by atoms with E-state index in [1.165, 1.54) is 5.56 Å². The summed E-state index contributed by atoms with van der Waals surface area (Å²) in [4.78, 5) is 12.2. The molecule has 7 heteroatoms. The van der Waals surface area contributed by atoms with Crippen molar-refractivity contribution >= 4 is 34.9 Å². The molecule has 0 unspecified atom stereocenters. The van der Waals surface area contributed by atoms with Gasteiger partial charge in [0, 0.05) is 21.8 Å². The Hall–Kier alpha value is -3.04. The summed E-state index contributed by atoms with van der Waals surface area (Å²) in [5.41, 5.74) is 10.4. The second-order valence-electron chi connectivity index (χ2n) is 7.90. The average molecular weight is 465 g/mol. The zero-order chi connectivity index (χ0) is 22.5. The number of carbonyl (C=O) groups excluding carboxylic acids is 1. The third-order valence-corrected chi connectivity index (χ3v) is 6.09. The lowest BCUT2D eigenvalue weighted by atomic mass is 9.94. The molecule has 4 rings (SSSR count). The first-order valence-electron chi connectivity index (χ1n) is 10.4. The molecule has 0 saturated heterocycles. The van der Waals surface area contributed by atoms with E-state index in [2.05, 4.69) is 46.5 Å². The molecule has 2 amide bonds. The topological polar surface area (TPSA) is 77.0 Å². The Balaban J connectivity index is 1.29. The number of nitrogens with zero attached hydrogens (tertiary/aromatic N) is 1. The lowest BCUT2D eigenvalue weighted by molar-refractivity contribution is 0.245. The number of hydrogen-bond donors (Lipinski definition) is 3. The van der Waals surface area contributed by atoms with Crippen molar-refractivity contribution in [2.24, 2.45) is 0 Å². The summed E-state index contributed by atoms with van der Waals surface area (Å²) in [5.74, 6) is 0.434. The van der Waals surface area contributed by atoms with E-state index in [9.17, 15) is 4.79 Å². The maximum Gasteiger partial charge on any atom is 0.333 e. The van der Waals surface area contributed by atoms with Crippen molar-refractivity contribution in [2.75, 3.05) is 5.32 Å². The summed E-state index contributed by atoms with van der Waals surface area (Å²) >= 11 is 11.9. The minimum absolute atomic E-state index is 0.195. The molecule has 0 radical (unpaired) electrons. The fourth-order valence-electron chi connectivity index (χ4n) is 4.09. The Morgan fingerprint density at radius 3 is 2.41 bits per heavy atom. The summed E-state index contributed by atoms with van der Waals surface area (Å²) in [5, 5.41) is 12.7. The number of rotatable bonds is 5. The van der Waals surface area contributed by atoms with Gasteiger partial charge in [0.05, 0.1) is 11.6 Å². The fraction of sp³-hybridized carbons (Fsp3) is 0.200. The van der Waals surface area contributed by atoms with Gasteiger partial charge in [-0.2, -0.15) is 5.26 Å². The molecule has 32 heavy (non-hydrogen) atoms. The second kappa shape index (κ2) is 10.1. The van der Waals surface area contributed by atoms with Crippen LogP contribution in [0.5, 0.6) is 0 Å². The number of carbonyl (C=O) groups is 1. The molecule has 1 fully saturated rings. The molecule has 0 aliphatic heterocycles. The van der Waals surface area contributed by atoms with Gasteiger partial charge >= 0.3 is 6.03 Å². The Morgan fingerprint density at radius 1 is 0.938 bits per heavy atom. The van der Waals surface area contributed by atoms with Crippen LogP contribution >= 0.6 is 23.2 Å². The summed E-state index contributed by atoms with van der Waals surface area (Å²) < 4.78 is 0. The number of hydrazine groups is 1. The van der Waals surface area contributed by atoms with E-state index >= 15 is 0 Å². The number of nitriles is 1. The minimum atomic E-state index is -0.365. The van der Waals surface area contributed by atoms with Crippen molar-refractivity contribution in [2.45, 2.75) is 31.2 Å². The Kier molecular flexibility index (Phi) is 6.96. The maximum absolute atomic E-state index is 12.2. The van der Waals surface area contributed by atoms with Gasteiger partial charge in [0.25, 0.3) is 0 Å². The van der Waals surface area contributed by atoms with Crippen LogP contribution in [0.4, 0.5) is 10.5 Å². The SMILES string of the molecule is N#Cc1cccc(-c2ccc([C@@H]3CC[C@H](NNC(=O)Nc4cc(Cl)cc(Cl)c4)C3)cc2)c1. The third kappa shape index (κ3) is 5.60. The van der Waals surface area contributed by atoms with E-state index < -0.39 is 0 Å². The van der Waals surface area contributed by atoms with Gasteiger partial charge < -0.3 is 5.32 Å². The maximum atomic E-state index is 12.2. The van der Waals surface area contributed by atoms with Crippen molar-refractivity contribution < 1.29 is 4.79 Å². The Labute approximate surface area is 197 Å². The third-order valence-electron chi connectivity index (χ3n) is 5.65. The summed E-state index contributed by atoms with van der Waals surface area (Å²) in [6, 6.07) is 23.0. The van der Waals surface area contributed by atoms with Crippen LogP contribution in [0.15, 0.2) is 66.7 Å². The number of benzene rings is 3. The molecular weight excluding hydrogens is 443 g/mol. The zero-order valence-electron chi connectivity index (χ0n) is 17.2.